The van der Waals surface area contributed by atoms with E-state index in [0.29, 0.717) is 12.1 Å². The van der Waals surface area contributed by atoms with Gasteiger partial charge in [-0.15, -0.1) is 0 Å². The van der Waals surface area contributed by atoms with Gasteiger partial charge in [-0.25, -0.2) is 0 Å². The lowest BCUT2D eigenvalue weighted by Crippen LogP contribution is -2.52. The van der Waals surface area contributed by atoms with Gasteiger partial charge in [-0.1, -0.05) is 6.07 Å². The first-order valence-corrected chi connectivity index (χ1v) is 6.14. The highest BCUT2D eigenvalue weighted by atomic mass is 19.3. The van der Waals surface area contributed by atoms with Crippen LogP contribution in [0.3, 0.4) is 0 Å². The summed E-state index contributed by atoms with van der Waals surface area (Å²) in [5.74, 6) is -0.155. The van der Waals surface area contributed by atoms with Gasteiger partial charge >= 0.3 is 6.61 Å². The summed E-state index contributed by atoms with van der Waals surface area (Å²) in [4.78, 5) is 14.0. The molecule has 1 heterocycles. The zero-order chi connectivity index (χ0) is 13.8. The van der Waals surface area contributed by atoms with Gasteiger partial charge in [-0.05, 0) is 25.1 Å². The SMILES string of the molecule is C[C@H]1CNCCN1C(=O)c1cccc(OC(F)F)c1. The van der Waals surface area contributed by atoms with E-state index >= 15 is 0 Å². The smallest absolute Gasteiger partial charge is 0.387 e. The Morgan fingerprint density at radius 3 is 3.00 bits per heavy atom. The second-order valence-electron chi connectivity index (χ2n) is 4.46. The molecule has 1 aliphatic rings. The lowest BCUT2D eigenvalue weighted by atomic mass is 10.1. The molecule has 1 aromatic rings. The molecule has 1 aliphatic heterocycles. The van der Waals surface area contributed by atoms with Crippen LogP contribution in [-0.2, 0) is 0 Å². The minimum absolute atomic E-state index is 0.00337. The predicted molar refractivity (Wildman–Crippen MR) is 66.4 cm³/mol. The molecule has 6 heteroatoms. The molecule has 1 atom stereocenters. The molecule has 104 valence electrons. The third-order valence-corrected chi connectivity index (χ3v) is 3.07. The largest absolute Gasteiger partial charge is 0.435 e. The molecule has 0 unspecified atom stereocenters. The van der Waals surface area contributed by atoms with E-state index in [-0.39, 0.29) is 17.7 Å². The average molecular weight is 270 g/mol. The molecule has 0 aliphatic carbocycles. The third-order valence-electron chi connectivity index (χ3n) is 3.07. The number of amides is 1. The summed E-state index contributed by atoms with van der Waals surface area (Å²) >= 11 is 0. The average Bonchev–Trinajstić information content (AvgIpc) is 2.38. The highest BCUT2D eigenvalue weighted by molar-refractivity contribution is 5.94. The predicted octanol–water partition coefficient (Wildman–Crippen LogP) is 1.72. The summed E-state index contributed by atoms with van der Waals surface area (Å²) in [5, 5.41) is 3.19. The highest BCUT2D eigenvalue weighted by Gasteiger charge is 2.24. The van der Waals surface area contributed by atoms with Crippen molar-refractivity contribution in [3.05, 3.63) is 29.8 Å². The number of nitrogens with zero attached hydrogens (tertiary/aromatic N) is 1. The standard InChI is InChI=1S/C13H16F2N2O2/c1-9-8-16-5-6-17(9)12(18)10-3-2-4-11(7-10)19-13(14)15/h2-4,7,9,13,16H,5-6,8H2,1H3/t9-/m0/s1. The molecule has 1 N–H and O–H groups in total. The number of piperazine rings is 1. The zero-order valence-electron chi connectivity index (χ0n) is 10.6. The minimum atomic E-state index is -2.89. The summed E-state index contributed by atoms with van der Waals surface area (Å²) in [6.07, 6.45) is 0. The molecule has 19 heavy (non-hydrogen) atoms. The van der Waals surface area contributed by atoms with Gasteiger partial charge < -0.3 is 15.0 Å². The van der Waals surface area contributed by atoms with Gasteiger partial charge in [0.15, 0.2) is 0 Å². The summed E-state index contributed by atoms with van der Waals surface area (Å²) in [6, 6.07) is 5.99. The van der Waals surface area contributed by atoms with E-state index in [1.807, 2.05) is 6.92 Å². The number of hydrogen-bond donors (Lipinski definition) is 1. The van der Waals surface area contributed by atoms with Crippen molar-refractivity contribution in [1.82, 2.24) is 10.2 Å². The third kappa shape index (κ3) is 3.41. The molecule has 0 radical (unpaired) electrons. The Kier molecular flexibility index (Phi) is 4.31. The van der Waals surface area contributed by atoms with Crippen molar-refractivity contribution in [2.45, 2.75) is 19.6 Å². The number of hydrogen-bond acceptors (Lipinski definition) is 3. The zero-order valence-corrected chi connectivity index (χ0v) is 10.6. The number of nitrogens with one attached hydrogen (secondary N) is 1. The van der Waals surface area contributed by atoms with E-state index in [9.17, 15) is 13.6 Å². The maximum atomic E-state index is 12.3. The van der Waals surface area contributed by atoms with Crippen molar-refractivity contribution in [2.24, 2.45) is 0 Å². The number of rotatable bonds is 3. The van der Waals surface area contributed by atoms with E-state index in [0.717, 1.165) is 13.1 Å². The number of alkyl halides is 2. The van der Waals surface area contributed by atoms with Gasteiger partial charge in [0.2, 0.25) is 0 Å². The van der Waals surface area contributed by atoms with Crippen molar-refractivity contribution in [2.75, 3.05) is 19.6 Å². The van der Waals surface area contributed by atoms with Crippen molar-refractivity contribution in [3.63, 3.8) is 0 Å². The van der Waals surface area contributed by atoms with Crippen LogP contribution in [0.15, 0.2) is 24.3 Å². The molecule has 0 aromatic heterocycles. The lowest BCUT2D eigenvalue weighted by Gasteiger charge is -2.34. The Hall–Kier alpha value is -1.69. The Morgan fingerprint density at radius 1 is 1.53 bits per heavy atom. The van der Waals surface area contributed by atoms with Gasteiger partial charge in [0.25, 0.3) is 5.91 Å². The second-order valence-corrected chi connectivity index (χ2v) is 4.46. The fraction of sp³-hybridized carbons (Fsp3) is 0.462. The monoisotopic (exact) mass is 270 g/mol. The summed E-state index contributed by atoms with van der Waals surface area (Å²) in [5.41, 5.74) is 0.368. The summed E-state index contributed by atoms with van der Waals surface area (Å²) in [6.45, 7) is 1.15. The second kappa shape index (κ2) is 5.97. The van der Waals surface area contributed by atoms with E-state index in [1.54, 1.807) is 11.0 Å². The van der Waals surface area contributed by atoms with Gasteiger partial charge in [-0.3, -0.25) is 4.79 Å². The van der Waals surface area contributed by atoms with Crippen LogP contribution in [0.5, 0.6) is 5.75 Å². The molecular formula is C13H16F2N2O2. The van der Waals surface area contributed by atoms with Crippen LogP contribution in [0.2, 0.25) is 0 Å². The first-order chi connectivity index (χ1) is 9.08. The molecule has 0 saturated carbocycles. The van der Waals surface area contributed by atoms with Crippen molar-refractivity contribution >= 4 is 5.91 Å². The summed E-state index contributed by atoms with van der Waals surface area (Å²) < 4.78 is 28.6. The van der Waals surface area contributed by atoms with Gasteiger partial charge in [-0.2, -0.15) is 8.78 Å². The lowest BCUT2D eigenvalue weighted by molar-refractivity contribution is -0.0499. The topological polar surface area (TPSA) is 41.6 Å². The van der Waals surface area contributed by atoms with E-state index < -0.39 is 6.61 Å². The first kappa shape index (κ1) is 13.7. The van der Waals surface area contributed by atoms with Crippen molar-refractivity contribution in [3.8, 4) is 5.75 Å². The van der Waals surface area contributed by atoms with Crippen LogP contribution >= 0.6 is 0 Å². The number of benzene rings is 1. The van der Waals surface area contributed by atoms with Crippen molar-refractivity contribution < 1.29 is 18.3 Å². The minimum Gasteiger partial charge on any atom is -0.435 e. The van der Waals surface area contributed by atoms with Crippen LogP contribution in [0.25, 0.3) is 0 Å². The van der Waals surface area contributed by atoms with Crippen LogP contribution in [0.1, 0.15) is 17.3 Å². The fourth-order valence-corrected chi connectivity index (χ4v) is 2.11. The number of ether oxygens (including phenoxy) is 1. The first-order valence-electron chi connectivity index (χ1n) is 6.14. The molecule has 1 aromatic carbocycles. The highest BCUT2D eigenvalue weighted by Crippen LogP contribution is 2.18. The number of carbonyl (C=O) groups is 1. The Morgan fingerprint density at radius 2 is 2.32 bits per heavy atom. The van der Waals surface area contributed by atoms with E-state index in [1.165, 1.54) is 18.2 Å². The Balaban J connectivity index is 2.14. The van der Waals surface area contributed by atoms with Gasteiger partial charge in [0, 0.05) is 31.2 Å². The molecule has 1 amide bonds. The number of halogens is 2. The van der Waals surface area contributed by atoms with Crippen LogP contribution in [0.4, 0.5) is 8.78 Å². The van der Waals surface area contributed by atoms with Crippen LogP contribution < -0.4 is 10.1 Å². The molecular weight excluding hydrogens is 254 g/mol. The molecule has 1 fully saturated rings. The molecule has 1 saturated heterocycles. The normalized spacial score (nSPS) is 19.6. The molecule has 4 nitrogen and oxygen atoms in total. The number of carbonyl (C=O) groups excluding carboxylic acids is 1. The fourth-order valence-electron chi connectivity index (χ4n) is 2.11. The molecule has 2 rings (SSSR count). The quantitative estimate of drug-likeness (QED) is 0.909. The van der Waals surface area contributed by atoms with Gasteiger partial charge in [0.1, 0.15) is 5.75 Å². The maximum Gasteiger partial charge on any atom is 0.387 e. The van der Waals surface area contributed by atoms with Crippen LogP contribution in [0, 0.1) is 0 Å². The van der Waals surface area contributed by atoms with E-state index in [2.05, 4.69) is 10.1 Å². The maximum absolute atomic E-state index is 12.3. The van der Waals surface area contributed by atoms with Gasteiger partial charge in [0.05, 0.1) is 0 Å². The molecule has 0 spiro atoms. The van der Waals surface area contributed by atoms with Crippen molar-refractivity contribution in [1.29, 1.82) is 0 Å². The molecule has 0 bridgehead atoms. The van der Waals surface area contributed by atoms with E-state index in [4.69, 9.17) is 0 Å². The Bertz CT molecular complexity index is 454. The Labute approximate surface area is 110 Å². The van der Waals surface area contributed by atoms with Crippen LogP contribution in [-0.4, -0.2) is 43.1 Å². The summed E-state index contributed by atoms with van der Waals surface area (Å²) in [7, 11) is 0.